The Kier molecular flexibility index (Phi) is 6.54. The van der Waals surface area contributed by atoms with E-state index in [-0.39, 0.29) is 24.3 Å². The number of methoxy groups -OCH3 is 1. The normalized spacial score (nSPS) is 10.1. The van der Waals surface area contributed by atoms with Crippen molar-refractivity contribution in [2.45, 2.75) is 20.8 Å². The molecular formula is C20H23N3O4. The van der Waals surface area contributed by atoms with Crippen LogP contribution < -0.4 is 20.3 Å². The van der Waals surface area contributed by atoms with Crippen LogP contribution >= 0.6 is 0 Å². The second-order valence-corrected chi connectivity index (χ2v) is 6.09. The average Bonchev–Trinajstić information content (AvgIpc) is 2.60. The summed E-state index contributed by atoms with van der Waals surface area (Å²) >= 11 is 0. The molecule has 0 heterocycles. The third-order valence-electron chi connectivity index (χ3n) is 3.81. The Labute approximate surface area is 158 Å². The highest BCUT2D eigenvalue weighted by atomic mass is 16.5. The Morgan fingerprint density at radius 2 is 1.67 bits per heavy atom. The van der Waals surface area contributed by atoms with Gasteiger partial charge in [0.2, 0.25) is 17.7 Å². The summed E-state index contributed by atoms with van der Waals surface area (Å²) < 4.78 is 5.25. The molecule has 7 nitrogen and oxygen atoms in total. The van der Waals surface area contributed by atoms with Crippen LogP contribution in [0.3, 0.4) is 0 Å². The molecule has 3 amide bonds. The molecule has 0 saturated heterocycles. The molecule has 0 fully saturated rings. The van der Waals surface area contributed by atoms with Gasteiger partial charge in [-0.2, -0.15) is 0 Å². The van der Waals surface area contributed by atoms with Crippen molar-refractivity contribution in [1.82, 2.24) is 0 Å². The molecular weight excluding hydrogens is 346 g/mol. The van der Waals surface area contributed by atoms with Crippen molar-refractivity contribution in [3.05, 3.63) is 48.0 Å². The van der Waals surface area contributed by atoms with Crippen LogP contribution in [0.15, 0.2) is 42.5 Å². The molecule has 7 heteroatoms. The zero-order chi connectivity index (χ0) is 20.0. The van der Waals surface area contributed by atoms with Crippen LogP contribution in [0.4, 0.5) is 17.1 Å². The summed E-state index contributed by atoms with van der Waals surface area (Å²) in [4.78, 5) is 37.0. The SMILES string of the molecule is COc1ccc(C)cc1NC(=O)CN(C(C)=O)c1ccc(NC(C)=O)cc1. The summed E-state index contributed by atoms with van der Waals surface area (Å²) in [6.45, 7) is 4.57. The second-order valence-electron chi connectivity index (χ2n) is 6.09. The summed E-state index contributed by atoms with van der Waals surface area (Å²) in [5.41, 5.74) is 2.70. The number of nitrogens with one attached hydrogen (secondary N) is 2. The molecule has 0 saturated carbocycles. The van der Waals surface area contributed by atoms with Gasteiger partial charge in [-0.3, -0.25) is 14.4 Å². The van der Waals surface area contributed by atoms with Crippen molar-refractivity contribution in [1.29, 1.82) is 0 Å². The monoisotopic (exact) mass is 369 g/mol. The molecule has 0 radical (unpaired) electrons. The highest BCUT2D eigenvalue weighted by Crippen LogP contribution is 2.25. The van der Waals surface area contributed by atoms with E-state index in [1.54, 1.807) is 36.4 Å². The first-order valence-corrected chi connectivity index (χ1v) is 8.40. The van der Waals surface area contributed by atoms with Crippen molar-refractivity contribution in [2.75, 3.05) is 29.2 Å². The van der Waals surface area contributed by atoms with Gasteiger partial charge >= 0.3 is 0 Å². The zero-order valence-electron chi connectivity index (χ0n) is 15.8. The highest BCUT2D eigenvalue weighted by molar-refractivity contribution is 6.02. The van der Waals surface area contributed by atoms with Gasteiger partial charge in [-0.25, -0.2) is 0 Å². The first-order valence-electron chi connectivity index (χ1n) is 8.40. The van der Waals surface area contributed by atoms with Crippen LogP contribution in [-0.2, 0) is 14.4 Å². The lowest BCUT2D eigenvalue weighted by atomic mass is 10.2. The minimum atomic E-state index is -0.347. The van der Waals surface area contributed by atoms with E-state index in [1.807, 2.05) is 13.0 Å². The number of carbonyl (C=O) groups excluding carboxylic acids is 3. The van der Waals surface area contributed by atoms with Crippen molar-refractivity contribution >= 4 is 34.8 Å². The maximum Gasteiger partial charge on any atom is 0.244 e. The Hall–Kier alpha value is -3.35. The highest BCUT2D eigenvalue weighted by Gasteiger charge is 2.17. The van der Waals surface area contributed by atoms with E-state index >= 15 is 0 Å². The number of amides is 3. The molecule has 0 aliphatic carbocycles. The first-order chi connectivity index (χ1) is 12.8. The van der Waals surface area contributed by atoms with Crippen LogP contribution in [0.25, 0.3) is 0 Å². The quantitative estimate of drug-likeness (QED) is 0.819. The summed E-state index contributed by atoms with van der Waals surface area (Å²) in [6.07, 6.45) is 0. The van der Waals surface area contributed by atoms with Crippen LogP contribution in [0, 0.1) is 6.92 Å². The summed E-state index contributed by atoms with van der Waals surface area (Å²) in [6, 6.07) is 12.2. The van der Waals surface area contributed by atoms with Crippen molar-refractivity contribution in [2.24, 2.45) is 0 Å². The minimum absolute atomic E-state index is 0.147. The molecule has 2 aromatic rings. The molecule has 0 atom stereocenters. The summed E-state index contributed by atoms with van der Waals surface area (Å²) in [7, 11) is 1.53. The third-order valence-corrected chi connectivity index (χ3v) is 3.81. The van der Waals surface area contributed by atoms with Gasteiger partial charge < -0.3 is 20.3 Å². The molecule has 0 aliphatic heterocycles. The lowest BCUT2D eigenvalue weighted by molar-refractivity contribution is -0.120. The predicted octanol–water partition coefficient (Wildman–Crippen LogP) is 2.95. The topological polar surface area (TPSA) is 87.7 Å². The molecule has 2 aromatic carbocycles. The van der Waals surface area contributed by atoms with E-state index in [0.29, 0.717) is 22.8 Å². The molecule has 0 spiro atoms. The largest absolute Gasteiger partial charge is 0.495 e. The lowest BCUT2D eigenvalue weighted by Gasteiger charge is -2.21. The van der Waals surface area contributed by atoms with Gasteiger partial charge in [-0.05, 0) is 48.9 Å². The van der Waals surface area contributed by atoms with Gasteiger partial charge in [0, 0.05) is 25.2 Å². The predicted molar refractivity (Wildman–Crippen MR) is 105 cm³/mol. The number of rotatable bonds is 6. The third kappa shape index (κ3) is 5.57. The molecule has 142 valence electrons. The standard InChI is InChI=1S/C20H23N3O4/c1-13-5-10-19(27-4)18(11-13)22-20(26)12-23(15(3)25)17-8-6-16(7-9-17)21-14(2)24/h5-11H,12H2,1-4H3,(H,21,24)(H,22,26). The molecule has 0 aliphatic rings. The molecule has 0 unspecified atom stereocenters. The van der Waals surface area contributed by atoms with Crippen molar-refractivity contribution in [3.8, 4) is 5.75 Å². The Morgan fingerprint density at radius 3 is 2.22 bits per heavy atom. The number of hydrogen-bond donors (Lipinski definition) is 2. The molecule has 27 heavy (non-hydrogen) atoms. The van der Waals surface area contributed by atoms with Gasteiger partial charge in [-0.1, -0.05) is 6.07 Å². The van der Waals surface area contributed by atoms with Crippen molar-refractivity contribution < 1.29 is 19.1 Å². The van der Waals surface area contributed by atoms with E-state index in [4.69, 9.17) is 4.74 Å². The summed E-state index contributed by atoms with van der Waals surface area (Å²) in [5.74, 6) is -0.255. The van der Waals surface area contributed by atoms with Crippen LogP contribution in [-0.4, -0.2) is 31.4 Å². The van der Waals surface area contributed by atoms with Gasteiger partial charge in [0.1, 0.15) is 12.3 Å². The van der Waals surface area contributed by atoms with E-state index in [1.165, 1.54) is 25.9 Å². The van der Waals surface area contributed by atoms with Gasteiger partial charge in [0.25, 0.3) is 0 Å². The number of benzene rings is 2. The van der Waals surface area contributed by atoms with Crippen LogP contribution in [0.2, 0.25) is 0 Å². The number of anilines is 3. The Morgan fingerprint density at radius 1 is 1.00 bits per heavy atom. The average molecular weight is 369 g/mol. The van der Waals surface area contributed by atoms with E-state index < -0.39 is 0 Å². The van der Waals surface area contributed by atoms with Gasteiger partial charge in [-0.15, -0.1) is 0 Å². The van der Waals surface area contributed by atoms with Crippen molar-refractivity contribution in [3.63, 3.8) is 0 Å². The Balaban J connectivity index is 2.14. The molecule has 2 N–H and O–H groups in total. The first kappa shape index (κ1) is 20.0. The number of nitrogens with zero attached hydrogens (tertiary/aromatic N) is 1. The fourth-order valence-electron chi connectivity index (χ4n) is 2.57. The Bertz CT molecular complexity index is 847. The molecule has 2 rings (SSSR count). The number of aryl methyl sites for hydroxylation is 1. The van der Waals surface area contributed by atoms with E-state index in [0.717, 1.165) is 5.56 Å². The fourth-order valence-corrected chi connectivity index (χ4v) is 2.57. The molecule has 0 aromatic heterocycles. The number of ether oxygens (including phenoxy) is 1. The number of carbonyl (C=O) groups is 3. The van der Waals surface area contributed by atoms with Crippen LogP contribution in [0.1, 0.15) is 19.4 Å². The zero-order valence-corrected chi connectivity index (χ0v) is 15.8. The smallest absolute Gasteiger partial charge is 0.244 e. The second kappa shape index (κ2) is 8.84. The lowest BCUT2D eigenvalue weighted by Crippen LogP contribution is -2.36. The maximum absolute atomic E-state index is 12.5. The fraction of sp³-hybridized carbons (Fsp3) is 0.250. The molecule has 0 bridgehead atoms. The maximum atomic E-state index is 12.5. The van der Waals surface area contributed by atoms with Gasteiger partial charge in [0.05, 0.1) is 12.8 Å². The van der Waals surface area contributed by atoms with Gasteiger partial charge in [0.15, 0.2) is 0 Å². The van der Waals surface area contributed by atoms with E-state index in [9.17, 15) is 14.4 Å². The minimum Gasteiger partial charge on any atom is -0.495 e. The number of hydrogen-bond acceptors (Lipinski definition) is 4. The van der Waals surface area contributed by atoms with Crippen LogP contribution in [0.5, 0.6) is 5.75 Å². The van der Waals surface area contributed by atoms with E-state index in [2.05, 4.69) is 10.6 Å². The summed E-state index contributed by atoms with van der Waals surface area (Å²) in [5, 5.41) is 5.44.